The molecule has 0 fully saturated rings. The average molecular weight is 439 g/mol. The number of benzene rings is 2. The maximum absolute atomic E-state index is 12.8. The SMILES string of the molecule is COc1ccc(OC)c(C(C)NC(=O)CN(Cc2nc3ccccc3c(=O)[nH]2)C(C)C)c1. The van der Waals surface area contributed by atoms with Crippen molar-refractivity contribution in [1.82, 2.24) is 20.2 Å². The van der Waals surface area contributed by atoms with E-state index >= 15 is 0 Å². The Kier molecular flexibility index (Phi) is 7.48. The zero-order chi connectivity index (χ0) is 23.3. The van der Waals surface area contributed by atoms with Gasteiger partial charge < -0.3 is 19.8 Å². The minimum Gasteiger partial charge on any atom is -0.497 e. The van der Waals surface area contributed by atoms with Crippen LogP contribution in [0.5, 0.6) is 11.5 Å². The molecule has 0 spiro atoms. The van der Waals surface area contributed by atoms with Crippen molar-refractivity contribution < 1.29 is 14.3 Å². The lowest BCUT2D eigenvalue weighted by molar-refractivity contribution is -0.123. The van der Waals surface area contributed by atoms with Gasteiger partial charge in [-0.2, -0.15) is 0 Å². The first-order valence-corrected chi connectivity index (χ1v) is 10.6. The van der Waals surface area contributed by atoms with Crippen LogP contribution in [-0.4, -0.2) is 47.6 Å². The van der Waals surface area contributed by atoms with Gasteiger partial charge in [-0.05, 0) is 51.1 Å². The smallest absolute Gasteiger partial charge is 0.258 e. The van der Waals surface area contributed by atoms with E-state index in [2.05, 4.69) is 15.3 Å². The third-order valence-electron chi connectivity index (χ3n) is 5.37. The topological polar surface area (TPSA) is 96.6 Å². The standard InChI is InChI=1S/C24H30N4O4/c1-15(2)28(13-22-26-20-9-7-6-8-18(20)24(30)27-22)14-23(29)25-16(3)19-12-17(31-4)10-11-21(19)32-5/h6-12,15-16H,13-14H2,1-5H3,(H,25,29)(H,26,27,30). The zero-order valence-electron chi connectivity index (χ0n) is 19.1. The highest BCUT2D eigenvalue weighted by molar-refractivity contribution is 5.79. The monoisotopic (exact) mass is 438 g/mol. The second-order valence-corrected chi connectivity index (χ2v) is 7.93. The molecule has 3 aromatic rings. The number of nitrogens with one attached hydrogen (secondary N) is 2. The van der Waals surface area contributed by atoms with Crippen molar-refractivity contribution in [2.75, 3.05) is 20.8 Å². The highest BCUT2D eigenvalue weighted by Crippen LogP contribution is 2.29. The van der Waals surface area contributed by atoms with Gasteiger partial charge in [-0.3, -0.25) is 14.5 Å². The molecule has 8 nitrogen and oxygen atoms in total. The number of aromatic nitrogens is 2. The fourth-order valence-electron chi connectivity index (χ4n) is 3.55. The molecule has 1 amide bonds. The number of hydrogen-bond donors (Lipinski definition) is 2. The molecule has 1 aromatic heterocycles. The van der Waals surface area contributed by atoms with Gasteiger partial charge in [-0.25, -0.2) is 4.98 Å². The van der Waals surface area contributed by atoms with Crippen LogP contribution < -0.4 is 20.3 Å². The fraction of sp³-hybridized carbons (Fsp3) is 0.375. The molecule has 170 valence electrons. The van der Waals surface area contributed by atoms with Crippen LogP contribution in [0.2, 0.25) is 0 Å². The lowest BCUT2D eigenvalue weighted by atomic mass is 10.1. The molecular weight excluding hydrogens is 408 g/mol. The lowest BCUT2D eigenvalue weighted by Gasteiger charge is -2.26. The van der Waals surface area contributed by atoms with E-state index in [9.17, 15) is 9.59 Å². The molecule has 0 aliphatic heterocycles. The number of ether oxygens (including phenoxy) is 2. The minimum absolute atomic E-state index is 0.0687. The predicted molar refractivity (Wildman–Crippen MR) is 124 cm³/mol. The summed E-state index contributed by atoms with van der Waals surface area (Å²) in [6, 6.07) is 12.5. The van der Waals surface area contributed by atoms with Gasteiger partial charge in [0.1, 0.15) is 17.3 Å². The van der Waals surface area contributed by atoms with Crippen molar-refractivity contribution in [3.8, 4) is 11.5 Å². The maximum atomic E-state index is 12.8. The number of rotatable bonds is 9. The van der Waals surface area contributed by atoms with Crippen LogP contribution in [0.4, 0.5) is 0 Å². The first-order valence-electron chi connectivity index (χ1n) is 10.6. The molecule has 0 bridgehead atoms. The van der Waals surface area contributed by atoms with Gasteiger partial charge in [-0.15, -0.1) is 0 Å². The normalized spacial score (nSPS) is 12.2. The number of H-pyrrole nitrogens is 1. The number of nitrogens with zero attached hydrogens (tertiary/aromatic N) is 2. The summed E-state index contributed by atoms with van der Waals surface area (Å²) < 4.78 is 10.7. The molecular formula is C24H30N4O4. The van der Waals surface area contributed by atoms with Gasteiger partial charge in [-0.1, -0.05) is 12.1 Å². The van der Waals surface area contributed by atoms with Crippen molar-refractivity contribution in [1.29, 1.82) is 0 Å². The summed E-state index contributed by atoms with van der Waals surface area (Å²) in [5, 5.41) is 3.57. The number of amides is 1. The van der Waals surface area contributed by atoms with Gasteiger partial charge in [0.05, 0.1) is 44.3 Å². The first kappa shape index (κ1) is 23.3. The summed E-state index contributed by atoms with van der Waals surface area (Å²) >= 11 is 0. The van der Waals surface area contributed by atoms with Gasteiger partial charge in [0.25, 0.3) is 5.56 Å². The predicted octanol–water partition coefficient (Wildman–Crippen LogP) is 3.03. The average Bonchev–Trinajstić information content (AvgIpc) is 2.78. The van der Waals surface area contributed by atoms with Crippen LogP contribution in [0.3, 0.4) is 0 Å². The number of carbonyl (C=O) groups is 1. The molecule has 2 aromatic carbocycles. The molecule has 0 aliphatic carbocycles. The van der Waals surface area contributed by atoms with Crippen LogP contribution in [0.15, 0.2) is 47.3 Å². The van der Waals surface area contributed by atoms with E-state index in [0.29, 0.717) is 34.8 Å². The molecule has 0 radical (unpaired) electrons. The molecule has 0 aliphatic rings. The highest BCUT2D eigenvalue weighted by atomic mass is 16.5. The second kappa shape index (κ2) is 10.3. The minimum atomic E-state index is -0.278. The van der Waals surface area contributed by atoms with E-state index in [1.165, 1.54) is 0 Å². The van der Waals surface area contributed by atoms with Crippen LogP contribution >= 0.6 is 0 Å². The van der Waals surface area contributed by atoms with E-state index < -0.39 is 0 Å². The van der Waals surface area contributed by atoms with E-state index in [1.54, 1.807) is 20.3 Å². The van der Waals surface area contributed by atoms with E-state index in [-0.39, 0.29) is 30.1 Å². The van der Waals surface area contributed by atoms with Crippen molar-refractivity contribution >= 4 is 16.8 Å². The Labute approximate surface area is 187 Å². The molecule has 1 heterocycles. The largest absolute Gasteiger partial charge is 0.497 e. The first-order chi connectivity index (χ1) is 15.3. The molecule has 8 heteroatoms. The van der Waals surface area contributed by atoms with Crippen LogP contribution in [-0.2, 0) is 11.3 Å². The van der Waals surface area contributed by atoms with E-state index in [0.717, 1.165) is 5.56 Å². The molecule has 1 unspecified atom stereocenters. The van der Waals surface area contributed by atoms with Crippen LogP contribution in [0.1, 0.15) is 38.2 Å². The number of carbonyl (C=O) groups excluding carboxylic acids is 1. The van der Waals surface area contributed by atoms with Gasteiger partial charge in [0, 0.05) is 11.6 Å². The number of aromatic amines is 1. The van der Waals surface area contributed by atoms with Gasteiger partial charge in [0.15, 0.2) is 0 Å². The Hall–Kier alpha value is -3.39. The number of methoxy groups -OCH3 is 2. The second-order valence-electron chi connectivity index (χ2n) is 7.93. The molecule has 0 saturated carbocycles. The Balaban J connectivity index is 1.73. The van der Waals surface area contributed by atoms with Crippen LogP contribution in [0.25, 0.3) is 10.9 Å². The summed E-state index contributed by atoms with van der Waals surface area (Å²) in [4.78, 5) is 34.6. The van der Waals surface area contributed by atoms with E-state index in [1.807, 2.05) is 62.1 Å². The van der Waals surface area contributed by atoms with Crippen LogP contribution in [0, 0.1) is 0 Å². The molecule has 1 atom stereocenters. The Morgan fingerprint density at radius 2 is 1.88 bits per heavy atom. The summed E-state index contributed by atoms with van der Waals surface area (Å²) in [7, 11) is 3.19. The third kappa shape index (κ3) is 5.45. The zero-order valence-corrected chi connectivity index (χ0v) is 19.1. The van der Waals surface area contributed by atoms with Crippen molar-refractivity contribution in [2.45, 2.75) is 39.4 Å². The summed E-state index contributed by atoms with van der Waals surface area (Å²) in [5.74, 6) is 1.76. The Morgan fingerprint density at radius 3 is 2.56 bits per heavy atom. The molecule has 32 heavy (non-hydrogen) atoms. The molecule has 3 rings (SSSR count). The Morgan fingerprint density at radius 1 is 1.12 bits per heavy atom. The summed E-state index contributed by atoms with van der Waals surface area (Å²) in [5.41, 5.74) is 1.28. The van der Waals surface area contributed by atoms with E-state index in [4.69, 9.17) is 9.47 Å². The molecule has 2 N–H and O–H groups in total. The lowest BCUT2D eigenvalue weighted by Crippen LogP contribution is -2.41. The quantitative estimate of drug-likeness (QED) is 0.533. The van der Waals surface area contributed by atoms with Crippen molar-refractivity contribution in [3.05, 3.63) is 64.2 Å². The number of para-hydroxylation sites is 1. The maximum Gasteiger partial charge on any atom is 0.258 e. The Bertz CT molecular complexity index is 1140. The third-order valence-corrected chi connectivity index (χ3v) is 5.37. The van der Waals surface area contributed by atoms with Crippen molar-refractivity contribution in [2.24, 2.45) is 0 Å². The van der Waals surface area contributed by atoms with Crippen molar-refractivity contribution in [3.63, 3.8) is 0 Å². The summed E-state index contributed by atoms with van der Waals surface area (Å²) in [6.07, 6.45) is 0. The fourth-order valence-corrected chi connectivity index (χ4v) is 3.55. The summed E-state index contributed by atoms with van der Waals surface area (Å²) in [6.45, 7) is 6.41. The highest BCUT2D eigenvalue weighted by Gasteiger charge is 2.20. The van der Waals surface area contributed by atoms with Gasteiger partial charge >= 0.3 is 0 Å². The van der Waals surface area contributed by atoms with Gasteiger partial charge in [0.2, 0.25) is 5.91 Å². The number of fused-ring (bicyclic) bond motifs is 1. The molecule has 0 saturated heterocycles. The number of hydrogen-bond acceptors (Lipinski definition) is 6.